The highest BCUT2D eigenvalue weighted by atomic mass is 32.2. The number of hydrogen-bond donors (Lipinski definition) is 1. The molecule has 108 valence electrons. The molecule has 21 heavy (non-hydrogen) atoms. The van der Waals surface area contributed by atoms with Crippen LogP contribution in [0.4, 0.5) is 0 Å². The summed E-state index contributed by atoms with van der Waals surface area (Å²) in [4.78, 5) is 3.52. The largest absolute Gasteiger partial charge is 0.508 e. The lowest BCUT2D eigenvalue weighted by Gasteiger charge is -2.25. The maximum Gasteiger partial charge on any atom is 0.116 e. The molecule has 0 radical (unpaired) electrons. The second-order valence-electron chi connectivity index (χ2n) is 5.55. The van der Waals surface area contributed by atoms with Gasteiger partial charge in [-0.3, -0.25) is 0 Å². The van der Waals surface area contributed by atoms with Gasteiger partial charge in [0, 0.05) is 17.2 Å². The van der Waals surface area contributed by atoms with Gasteiger partial charge in [-0.15, -0.1) is 11.8 Å². The first-order chi connectivity index (χ1) is 10.1. The molecule has 0 saturated heterocycles. The van der Waals surface area contributed by atoms with Crippen LogP contribution in [0, 0.1) is 0 Å². The van der Waals surface area contributed by atoms with Crippen LogP contribution in [0.2, 0.25) is 0 Å². The summed E-state index contributed by atoms with van der Waals surface area (Å²) in [5.74, 6) is 1.32. The molecule has 3 heteroatoms. The summed E-state index contributed by atoms with van der Waals surface area (Å²) in [7, 11) is 4.19. The SMILES string of the molecule is CN(C)CC1=C(c2cccc(O)c2)c2ccccc2SC1. The van der Waals surface area contributed by atoms with Crippen LogP contribution < -0.4 is 0 Å². The molecule has 2 aromatic carbocycles. The van der Waals surface area contributed by atoms with Crippen molar-refractivity contribution < 1.29 is 5.11 Å². The number of fused-ring (bicyclic) bond motifs is 1. The Bertz CT molecular complexity index is 691. The van der Waals surface area contributed by atoms with Crippen LogP contribution in [0.15, 0.2) is 59.0 Å². The minimum Gasteiger partial charge on any atom is -0.508 e. The van der Waals surface area contributed by atoms with Crippen molar-refractivity contribution in [3.63, 3.8) is 0 Å². The second-order valence-corrected chi connectivity index (χ2v) is 6.57. The van der Waals surface area contributed by atoms with Gasteiger partial charge in [0.2, 0.25) is 0 Å². The average molecular weight is 297 g/mol. The number of hydrogen-bond acceptors (Lipinski definition) is 3. The van der Waals surface area contributed by atoms with Crippen molar-refractivity contribution >= 4 is 17.3 Å². The Labute approximate surface area is 130 Å². The van der Waals surface area contributed by atoms with Crippen molar-refractivity contribution in [2.45, 2.75) is 4.90 Å². The summed E-state index contributed by atoms with van der Waals surface area (Å²) in [5.41, 5.74) is 5.05. The van der Waals surface area contributed by atoms with E-state index in [9.17, 15) is 5.11 Å². The summed E-state index contributed by atoms with van der Waals surface area (Å²) >= 11 is 1.89. The topological polar surface area (TPSA) is 23.5 Å². The summed E-state index contributed by atoms with van der Waals surface area (Å²) in [6, 6.07) is 16.1. The van der Waals surface area contributed by atoms with E-state index in [1.54, 1.807) is 6.07 Å². The third kappa shape index (κ3) is 2.99. The Kier molecular flexibility index (Phi) is 4.04. The number of aromatic hydroxyl groups is 1. The first-order valence-corrected chi connectivity index (χ1v) is 8.02. The Morgan fingerprint density at radius 1 is 1.10 bits per heavy atom. The molecule has 1 N–H and O–H groups in total. The monoisotopic (exact) mass is 297 g/mol. The van der Waals surface area contributed by atoms with E-state index in [-0.39, 0.29) is 0 Å². The van der Waals surface area contributed by atoms with Gasteiger partial charge in [-0.05, 0) is 54.6 Å². The van der Waals surface area contributed by atoms with Gasteiger partial charge in [0.25, 0.3) is 0 Å². The molecule has 0 spiro atoms. The highest BCUT2D eigenvalue weighted by molar-refractivity contribution is 7.99. The lowest BCUT2D eigenvalue weighted by Crippen LogP contribution is -2.19. The molecular weight excluding hydrogens is 278 g/mol. The second kappa shape index (κ2) is 5.96. The number of thioether (sulfide) groups is 1. The normalized spacial score (nSPS) is 14.4. The van der Waals surface area contributed by atoms with Crippen molar-refractivity contribution in [3.05, 3.63) is 65.2 Å². The van der Waals surface area contributed by atoms with Gasteiger partial charge in [-0.2, -0.15) is 0 Å². The molecule has 1 aliphatic heterocycles. The molecular formula is C18H19NOS. The molecule has 2 aromatic rings. The summed E-state index contributed by atoms with van der Waals surface area (Å²) in [6.07, 6.45) is 0. The van der Waals surface area contributed by atoms with Crippen LogP contribution in [-0.2, 0) is 0 Å². The smallest absolute Gasteiger partial charge is 0.116 e. The predicted molar refractivity (Wildman–Crippen MR) is 89.8 cm³/mol. The quantitative estimate of drug-likeness (QED) is 0.930. The maximum atomic E-state index is 9.82. The molecule has 0 aliphatic carbocycles. The van der Waals surface area contributed by atoms with E-state index < -0.39 is 0 Å². The van der Waals surface area contributed by atoms with E-state index in [1.807, 2.05) is 23.9 Å². The number of phenolic OH excluding ortho intramolecular Hbond substituents is 1. The molecule has 1 heterocycles. The fraction of sp³-hybridized carbons (Fsp3) is 0.222. The Morgan fingerprint density at radius 2 is 1.90 bits per heavy atom. The predicted octanol–water partition coefficient (Wildman–Crippen LogP) is 3.86. The zero-order valence-corrected chi connectivity index (χ0v) is 13.2. The summed E-state index contributed by atoms with van der Waals surface area (Å²) in [5, 5.41) is 9.82. The van der Waals surface area contributed by atoms with Crippen molar-refractivity contribution in [3.8, 4) is 5.75 Å². The van der Waals surface area contributed by atoms with E-state index in [0.29, 0.717) is 5.75 Å². The fourth-order valence-corrected chi connectivity index (χ4v) is 3.82. The van der Waals surface area contributed by atoms with Crippen molar-refractivity contribution in [1.82, 2.24) is 4.90 Å². The third-order valence-corrected chi connectivity index (χ3v) is 4.71. The molecule has 0 atom stereocenters. The molecule has 0 amide bonds. The van der Waals surface area contributed by atoms with E-state index in [4.69, 9.17) is 0 Å². The molecule has 0 aromatic heterocycles. The average Bonchev–Trinajstić information content (AvgIpc) is 2.46. The summed E-state index contributed by atoms with van der Waals surface area (Å²) < 4.78 is 0. The standard InChI is InChI=1S/C18H19NOS/c1-19(2)11-14-12-21-17-9-4-3-8-16(17)18(14)13-6-5-7-15(20)10-13/h3-10,20H,11-12H2,1-2H3. The van der Waals surface area contributed by atoms with Gasteiger partial charge in [0.15, 0.2) is 0 Å². The van der Waals surface area contributed by atoms with Crippen molar-refractivity contribution in [2.75, 3.05) is 26.4 Å². The van der Waals surface area contributed by atoms with E-state index >= 15 is 0 Å². The highest BCUT2D eigenvalue weighted by Crippen LogP contribution is 2.41. The highest BCUT2D eigenvalue weighted by Gasteiger charge is 2.21. The van der Waals surface area contributed by atoms with Crippen LogP contribution in [0.25, 0.3) is 5.57 Å². The number of benzene rings is 2. The van der Waals surface area contributed by atoms with Gasteiger partial charge in [-0.1, -0.05) is 30.3 Å². The zero-order chi connectivity index (χ0) is 14.8. The Balaban J connectivity index is 2.18. The lowest BCUT2D eigenvalue weighted by molar-refractivity contribution is 0.446. The number of phenols is 1. The minimum absolute atomic E-state index is 0.319. The van der Waals surface area contributed by atoms with Gasteiger partial charge in [-0.25, -0.2) is 0 Å². The van der Waals surface area contributed by atoms with Gasteiger partial charge in [0.1, 0.15) is 5.75 Å². The molecule has 2 nitrogen and oxygen atoms in total. The van der Waals surface area contributed by atoms with Crippen LogP contribution in [0.3, 0.4) is 0 Å². The van der Waals surface area contributed by atoms with E-state index in [2.05, 4.69) is 49.3 Å². The Hall–Kier alpha value is -1.71. The van der Waals surface area contributed by atoms with Crippen molar-refractivity contribution in [2.24, 2.45) is 0 Å². The first kappa shape index (κ1) is 14.2. The third-order valence-electron chi connectivity index (χ3n) is 3.55. The van der Waals surface area contributed by atoms with Gasteiger partial charge in [0.05, 0.1) is 0 Å². The summed E-state index contributed by atoms with van der Waals surface area (Å²) in [6.45, 7) is 0.937. The molecule has 0 saturated carbocycles. The van der Waals surface area contributed by atoms with Gasteiger partial charge < -0.3 is 10.0 Å². The lowest BCUT2D eigenvalue weighted by atomic mass is 9.92. The first-order valence-electron chi connectivity index (χ1n) is 7.03. The van der Waals surface area contributed by atoms with E-state index in [1.165, 1.54) is 21.6 Å². The zero-order valence-electron chi connectivity index (χ0n) is 12.3. The molecule has 0 bridgehead atoms. The van der Waals surface area contributed by atoms with Gasteiger partial charge >= 0.3 is 0 Å². The number of nitrogens with zero attached hydrogens (tertiary/aromatic N) is 1. The van der Waals surface area contributed by atoms with Crippen LogP contribution in [0.5, 0.6) is 5.75 Å². The van der Waals surface area contributed by atoms with E-state index in [0.717, 1.165) is 17.9 Å². The molecule has 3 rings (SSSR count). The molecule has 0 fully saturated rings. The van der Waals surface area contributed by atoms with Crippen LogP contribution >= 0.6 is 11.8 Å². The molecule has 1 aliphatic rings. The van der Waals surface area contributed by atoms with Crippen LogP contribution in [0.1, 0.15) is 11.1 Å². The minimum atomic E-state index is 0.319. The molecule has 0 unspecified atom stereocenters. The van der Waals surface area contributed by atoms with Crippen LogP contribution in [-0.4, -0.2) is 36.4 Å². The van der Waals surface area contributed by atoms with Crippen molar-refractivity contribution in [1.29, 1.82) is 0 Å². The number of rotatable bonds is 3. The maximum absolute atomic E-state index is 9.82. The Morgan fingerprint density at radius 3 is 2.67 bits per heavy atom. The fourth-order valence-electron chi connectivity index (χ4n) is 2.75. The number of likely N-dealkylation sites (N-methyl/N-ethyl adjacent to an activating group) is 1.